The van der Waals surface area contributed by atoms with Crippen LogP contribution >= 0.6 is 0 Å². The Morgan fingerprint density at radius 3 is 2.86 bits per heavy atom. The molecule has 1 unspecified atom stereocenters. The Hall–Kier alpha value is -1.69. The Kier molecular flexibility index (Phi) is 5.71. The molecule has 0 saturated heterocycles. The van der Waals surface area contributed by atoms with Gasteiger partial charge in [-0.05, 0) is 43.4 Å². The summed E-state index contributed by atoms with van der Waals surface area (Å²) in [6.07, 6.45) is 3.45. The van der Waals surface area contributed by atoms with Crippen LogP contribution in [0.15, 0.2) is 24.3 Å². The molecule has 1 amide bonds. The van der Waals surface area contributed by atoms with E-state index in [1.165, 1.54) is 12.1 Å². The van der Waals surface area contributed by atoms with Gasteiger partial charge >= 0.3 is 6.61 Å². The van der Waals surface area contributed by atoms with Gasteiger partial charge in [-0.15, -0.1) is 0 Å². The molecule has 0 aromatic heterocycles. The number of hydrogen-bond donors (Lipinski definition) is 2. The van der Waals surface area contributed by atoms with E-state index in [0.29, 0.717) is 6.42 Å². The highest BCUT2D eigenvalue weighted by Gasteiger charge is 2.26. The van der Waals surface area contributed by atoms with Crippen LogP contribution in [0.3, 0.4) is 0 Å². The molecule has 6 heteroatoms. The quantitative estimate of drug-likeness (QED) is 0.849. The summed E-state index contributed by atoms with van der Waals surface area (Å²) in [6, 6.07) is 6.20. The maximum absolute atomic E-state index is 12.2. The zero-order valence-electron chi connectivity index (χ0n) is 12.6. The molecule has 3 atom stereocenters. The summed E-state index contributed by atoms with van der Waals surface area (Å²) in [6.45, 7) is -1.04. The zero-order chi connectivity index (χ0) is 16.1. The highest BCUT2D eigenvalue weighted by atomic mass is 19.3. The van der Waals surface area contributed by atoms with Gasteiger partial charge < -0.3 is 15.8 Å². The molecular formula is C16H22F2N2O2. The largest absolute Gasteiger partial charge is 0.435 e. The summed E-state index contributed by atoms with van der Waals surface area (Å²) in [5.74, 6) is 0.266. The van der Waals surface area contributed by atoms with Crippen LogP contribution in [0.2, 0.25) is 0 Å². The fourth-order valence-corrected chi connectivity index (χ4v) is 2.90. The third-order valence-corrected chi connectivity index (χ3v) is 4.13. The van der Waals surface area contributed by atoms with E-state index in [4.69, 9.17) is 5.73 Å². The fraction of sp³-hybridized carbons (Fsp3) is 0.562. The van der Waals surface area contributed by atoms with Gasteiger partial charge in [0.15, 0.2) is 0 Å². The second-order valence-corrected chi connectivity index (χ2v) is 5.80. The van der Waals surface area contributed by atoms with Crippen molar-refractivity contribution < 1.29 is 18.3 Å². The van der Waals surface area contributed by atoms with E-state index >= 15 is 0 Å². The summed E-state index contributed by atoms with van der Waals surface area (Å²) in [5.41, 5.74) is 6.69. The summed E-state index contributed by atoms with van der Waals surface area (Å²) < 4.78 is 28.8. The van der Waals surface area contributed by atoms with Crippen molar-refractivity contribution in [1.82, 2.24) is 5.32 Å². The normalized spacial score (nSPS) is 22.6. The van der Waals surface area contributed by atoms with Gasteiger partial charge in [-0.25, -0.2) is 0 Å². The van der Waals surface area contributed by atoms with Crippen molar-refractivity contribution in [1.29, 1.82) is 0 Å². The third-order valence-electron chi connectivity index (χ3n) is 4.13. The Morgan fingerprint density at radius 2 is 2.23 bits per heavy atom. The van der Waals surface area contributed by atoms with Crippen LogP contribution in [0, 0.1) is 5.92 Å². The highest BCUT2D eigenvalue weighted by Crippen LogP contribution is 2.27. The van der Waals surface area contributed by atoms with Crippen LogP contribution in [0.1, 0.15) is 44.2 Å². The first-order valence-corrected chi connectivity index (χ1v) is 7.55. The first kappa shape index (κ1) is 16.7. The first-order chi connectivity index (χ1) is 10.5. The molecule has 22 heavy (non-hydrogen) atoms. The summed E-state index contributed by atoms with van der Waals surface area (Å²) >= 11 is 0. The number of nitrogens with one attached hydrogen (secondary N) is 1. The molecule has 0 spiro atoms. The van der Waals surface area contributed by atoms with Gasteiger partial charge in [0, 0.05) is 12.5 Å². The van der Waals surface area contributed by atoms with Gasteiger partial charge in [-0.2, -0.15) is 8.78 Å². The van der Waals surface area contributed by atoms with Crippen molar-refractivity contribution in [2.45, 2.75) is 51.3 Å². The average molecular weight is 312 g/mol. The molecule has 1 aliphatic carbocycles. The number of amides is 1. The van der Waals surface area contributed by atoms with E-state index < -0.39 is 6.61 Å². The van der Waals surface area contributed by atoms with E-state index in [-0.39, 0.29) is 29.7 Å². The number of hydrogen-bond acceptors (Lipinski definition) is 3. The molecular weight excluding hydrogens is 290 g/mol. The van der Waals surface area contributed by atoms with Crippen LogP contribution < -0.4 is 15.8 Å². The molecule has 0 heterocycles. The molecule has 3 N–H and O–H groups in total. The molecule has 1 fully saturated rings. The molecule has 122 valence electrons. The molecule has 1 aliphatic rings. The highest BCUT2D eigenvalue weighted by molar-refractivity contribution is 5.76. The minimum atomic E-state index is -2.86. The topological polar surface area (TPSA) is 64.4 Å². The third kappa shape index (κ3) is 4.66. The van der Waals surface area contributed by atoms with Crippen molar-refractivity contribution in [2.75, 3.05) is 0 Å². The number of benzene rings is 1. The lowest BCUT2D eigenvalue weighted by atomic mass is 9.99. The lowest BCUT2D eigenvalue weighted by Crippen LogP contribution is -2.32. The van der Waals surface area contributed by atoms with Crippen LogP contribution in [-0.4, -0.2) is 18.6 Å². The second kappa shape index (κ2) is 7.54. The number of halogens is 2. The predicted octanol–water partition coefficient (Wildman–Crippen LogP) is 2.98. The van der Waals surface area contributed by atoms with E-state index in [1.54, 1.807) is 12.1 Å². The Labute approximate surface area is 129 Å². The van der Waals surface area contributed by atoms with E-state index in [0.717, 1.165) is 24.8 Å². The predicted molar refractivity (Wildman–Crippen MR) is 79.6 cm³/mol. The fourth-order valence-electron chi connectivity index (χ4n) is 2.90. The second-order valence-electron chi connectivity index (χ2n) is 5.80. The molecule has 1 saturated carbocycles. The van der Waals surface area contributed by atoms with Gasteiger partial charge in [0.2, 0.25) is 5.91 Å². The van der Waals surface area contributed by atoms with Crippen molar-refractivity contribution in [2.24, 2.45) is 11.7 Å². The maximum atomic E-state index is 12.2. The molecule has 0 radical (unpaired) electrons. The van der Waals surface area contributed by atoms with E-state index in [2.05, 4.69) is 10.1 Å². The summed E-state index contributed by atoms with van der Waals surface area (Å²) in [5, 5.41) is 2.89. The lowest BCUT2D eigenvalue weighted by Gasteiger charge is -2.19. The van der Waals surface area contributed by atoms with Gasteiger partial charge in [0.05, 0.1) is 6.04 Å². The van der Waals surface area contributed by atoms with Crippen molar-refractivity contribution in [3.63, 3.8) is 0 Å². The molecule has 0 bridgehead atoms. The number of alkyl halides is 2. The number of carbonyl (C=O) groups excluding carboxylic acids is 1. The van der Waals surface area contributed by atoms with Gasteiger partial charge in [-0.3, -0.25) is 4.79 Å². The summed E-state index contributed by atoms with van der Waals surface area (Å²) in [4.78, 5) is 12.1. The smallest absolute Gasteiger partial charge is 0.387 e. The maximum Gasteiger partial charge on any atom is 0.387 e. The minimum absolute atomic E-state index is 0.0602. The Balaban J connectivity index is 1.90. The number of nitrogens with two attached hydrogens (primary N) is 1. The monoisotopic (exact) mass is 312 g/mol. The SMILES string of the molecule is CC(NC(=O)C[C@@H]1CCC[C@H]1N)c1cccc(OC(F)F)c1. The van der Waals surface area contributed by atoms with Crippen molar-refractivity contribution in [3.8, 4) is 5.75 Å². The number of rotatable bonds is 6. The number of carbonyl (C=O) groups is 1. The number of ether oxygens (including phenoxy) is 1. The van der Waals surface area contributed by atoms with Gasteiger partial charge in [0.25, 0.3) is 0 Å². The molecule has 0 aliphatic heterocycles. The standard InChI is InChI=1S/C16H22F2N2O2/c1-10(11-4-2-6-13(8-11)22-16(17)18)20-15(21)9-12-5-3-7-14(12)19/h2,4,6,8,10,12,14,16H,3,5,7,9,19H2,1H3,(H,20,21)/t10?,12-,14+/m0/s1. The zero-order valence-corrected chi connectivity index (χ0v) is 12.6. The summed E-state index contributed by atoms with van der Waals surface area (Å²) in [7, 11) is 0. The Morgan fingerprint density at radius 1 is 1.45 bits per heavy atom. The van der Waals surface area contributed by atoms with Gasteiger partial charge in [-0.1, -0.05) is 18.6 Å². The lowest BCUT2D eigenvalue weighted by molar-refractivity contribution is -0.122. The van der Waals surface area contributed by atoms with Crippen molar-refractivity contribution in [3.05, 3.63) is 29.8 Å². The minimum Gasteiger partial charge on any atom is -0.435 e. The van der Waals surface area contributed by atoms with Crippen LogP contribution in [0.4, 0.5) is 8.78 Å². The molecule has 4 nitrogen and oxygen atoms in total. The molecule has 1 aromatic rings. The van der Waals surface area contributed by atoms with Crippen LogP contribution in [-0.2, 0) is 4.79 Å². The van der Waals surface area contributed by atoms with Gasteiger partial charge in [0.1, 0.15) is 5.75 Å². The average Bonchev–Trinajstić information content (AvgIpc) is 2.83. The van der Waals surface area contributed by atoms with Crippen molar-refractivity contribution >= 4 is 5.91 Å². The molecule has 2 rings (SSSR count). The Bertz CT molecular complexity index is 511. The molecule has 1 aromatic carbocycles. The van der Waals surface area contributed by atoms with Crippen LogP contribution in [0.25, 0.3) is 0 Å². The first-order valence-electron chi connectivity index (χ1n) is 7.55. The van der Waals surface area contributed by atoms with E-state index in [9.17, 15) is 13.6 Å². The van der Waals surface area contributed by atoms with E-state index in [1.807, 2.05) is 6.92 Å². The van der Waals surface area contributed by atoms with Crippen LogP contribution in [0.5, 0.6) is 5.75 Å².